The molecular weight excluding hydrogens is 366 g/mol. The number of carbonyl (C=O) groups is 1. The molecule has 0 saturated heterocycles. The molecule has 0 heterocycles. The Bertz CT molecular complexity index is 936. The average Bonchev–Trinajstić information content (AvgIpc) is 3.56. The van der Waals surface area contributed by atoms with Gasteiger partial charge in [-0.3, -0.25) is 9.79 Å². The first kappa shape index (κ1) is 20.8. The fourth-order valence-corrected chi connectivity index (χ4v) is 3.48. The summed E-state index contributed by atoms with van der Waals surface area (Å²) >= 11 is 0. The minimum atomic E-state index is -0.464. The van der Waals surface area contributed by atoms with Gasteiger partial charge in [0.2, 0.25) is 0 Å². The van der Waals surface area contributed by atoms with Crippen LogP contribution in [-0.4, -0.2) is 42.2 Å². The standard InChI is InChI=1S/C24H27NO4/c1-4-29-23(28)24(13-14-24)20-11-9-18(10-12-20)17-5-7-19(8-6-17)22(27)21(15-26)16(2)25-3/h5-12,26-27H,4,13-15H2,1-3H3/b22-21-,25-16-. The van der Waals surface area contributed by atoms with Gasteiger partial charge >= 0.3 is 5.97 Å². The SMILES string of the molecule is CCOC(=O)C1(c2ccc(-c3ccc(/C(O)=C(CO)/C(C)=N\C)cc3)cc2)CC1. The topological polar surface area (TPSA) is 79.1 Å². The lowest BCUT2D eigenvalue weighted by atomic mass is 9.93. The Morgan fingerprint density at radius 2 is 1.62 bits per heavy atom. The second kappa shape index (κ2) is 8.62. The second-order valence-corrected chi connectivity index (χ2v) is 7.25. The van der Waals surface area contributed by atoms with Crippen molar-refractivity contribution in [1.29, 1.82) is 0 Å². The largest absolute Gasteiger partial charge is 0.507 e. The lowest BCUT2D eigenvalue weighted by Crippen LogP contribution is -2.23. The van der Waals surface area contributed by atoms with E-state index < -0.39 is 5.41 Å². The fraction of sp³-hybridized carbons (Fsp3) is 0.333. The van der Waals surface area contributed by atoms with Gasteiger partial charge in [0.05, 0.1) is 18.6 Å². The molecule has 29 heavy (non-hydrogen) atoms. The first-order chi connectivity index (χ1) is 14.0. The van der Waals surface area contributed by atoms with Crippen LogP contribution >= 0.6 is 0 Å². The highest BCUT2D eigenvalue weighted by molar-refractivity contribution is 6.03. The summed E-state index contributed by atoms with van der Waals surface area (Å²) in [4.78, 5) is 16.3. The van der Waals surface area contributed by atoms with E-state index >= 15 is 0 Å². The van der Waals surface area contributed by atoms with Gasteiger partial charge in [0.15, 0.2) is 0 Å². The maximum atomic E-state index is 12.3. The van der Waals surface area contributed by atoms with Crippen LogP contribution in [0.5, 0.6) is 0 Å². The molecule has 152 valence electrons. The molecule has 5 nitrogen and oxygen atoms in total. The van der Waals surface area contributed by atoms with Gasteiger partial charge < -0.3 is 14.9 Å². The zero-order chi connectivity index (χ0) is 21.0. The summed E-state index contributed by atoms with van der Waals surface area (Å²) in [5, 5.41) is 20.0. The highest BCUT2D eigenvalue weighted by atomic mass is 16.5. The van der Waals surface area contributed by atoms with E-state index in [1.807, 2.05) is 55.5 Å². The zero-order valence-electron chi connectivity index (χ0n) is 17.1. The van der Waals surface area contributed by atoms with Crippen molar-refractivity contribution in [2.45, 2.75) is 32.1 Å². The molecule has 0 spiro atoms. The maximum Gasteiger partial charge on any atom is 0.316 e. The highest BCUT2D eigenvalue weighted by Crippen LogP contribution is 2.49. The molecular formula is C24H27NO4. The number of hydrogen-bond acceptors (Lipinski definition) is 5. The minimum absolute atomic E-state index is 0.0302. The molecule has 0 unspecified atom stereocenters. The number of aliphatic hydroxyl groups is 2. The van der Waals surface area contributed by atoms with Gasteiger partial charge in [0.1, 0.15) is 5.76 Å². The summed E-state index contributed by atoms with van der Waals surface area (Å²) in [6.45, 7) is 3.70. The number of ether oxygens (including phenoxy) is 1. The van der Waals surface area contributed by atoms with E-state index in [1.54, 1.807) is 14.0 Å². The summed E-state index contributed by atoms with van der Waals surface area (Å²) in [7, 11) is 1.62. The first-order valence-corrected chi connectivity index (χ1v) is 9.82. The van der Waals surface area contributed by atoms with Crippen molar-refractivity contribution in [3.8, 4) is 11.1 Å². The lowest BCUT2D eigenvalue weighted by Gasteiger charge is -2.15. The van der Waals surface area contributed by atoms with E-state index in [2.05, 4.69) is 4.99 Å². The molecule has 0 amide bonds. The predicted octanol–water partition coefficient (Wildman–Crippen LogP) is 4.30. The van der Waals surface area contributed by atoms with Crippen LogP contribution in [0.15, 0.2) is 59.1 Å². The Balaban J connectivity index is 1.82. The van der Waals surface area contributed by atoms with Crippen LogP contribution in [0.4, 0.5) is 0 Å². The quantitative estimate of drug-likeness (QED) is 0.418. The number of carbonyl (C=O) groups excluding carboxylic acids is 1. The highest BCUT2D eigenvalue weighted by Gasteiger charge is 2.52. The smallest absolute Gasteiger partial charge is 0.316 e. The number of benzene rings is 2. The third-order valence-electron chi connectivity index (χ3n) is 5.56. The molecule has 0 atom stereocenters. The van der Waals surface area contributed by atoms with Crippen molar-refractivity contribution >= 4 is 17.4 Å². The summed E-state index contributed by atoms with van der Waals surface area (Å²) in [6.07, 6.45) is 1.66. The molecule has 0 aromatic heterocycles. The van der Waals surface area contributed by atoms with Gasteiger partial charge in [-0.25, -0.2) is 0 Å². The summed E-state index contributed by atoms with van der Waals surface area (Å²) in [5.41, 5.74) is 4.20. The normalized spacial score (nSPS) is 16.2. The maximum absolute atomic E-state index is 12.3. The Kier molecular flexibility index (Phi) is 6.18. The number of esters is 1. The molecule has 5 heteroatoms. The Hall–Kier alpha value is -2.92. The summed E-state index contributed by atoms with van der Waals surface area (Å²) in [6, 6.07) is 15.5. The Morgan fingerprint density at radius 3 is 2.07 bits per heavy atom. The van der Waals surface area contributed by atoms with Crippen LogP contribution in [0.25, 0.3) is 16.9 Å². The Morgan fingerprint density at radius 1 is 1.07 bits per heavy atom. The molecule has 2 aromatic carbocycles. The van der Waals surface area contributed by atoms with E-state index in [-0.39, 0.29) is 18.3 Å². The third-order valence-corrected chi connectivity index (χ3v) is 5.56. The van der Waals surface area contributed by atoms with E-state index in [9.17, 15) is 15.0 Å². The molecule has 3 rings (SSSR count). The van der Waals surface area contributed by atoms with Gasteiger partial charge in [0, 0.05) is 23.9 Å². The molecule has 0 radical (unpaired) electrons. The Labute approximate surface area is 171 Å². The van der Waals surface area contributed by atoms with Crippen molar-refractivity contribution in [2.24, 2.45) is 4.99 Å². The van der Waals surface area contributed by atoms with Crippen LogP contribution in [0.3, 0.4) is 0 Å². The molecule has 0 bridgehead atoms. The molecule has 0 aliphatic heterocycles. The van der Waals surface area contributed by atoms with Gasteiger partial charge in [-0.2, -0.15) is 0 Å². The van der Waals surface area contributed by atoms with Crippen LogP contribution < -0.4 is 0 Å². The summed E-state index contributed by atoms with van der Waals surface area (Å²) in [5.74, 6) is -0.104. The number of aliphatic hydroxyl groups excluding tert-OH is 2. The van der Waals surface area contributed by atoms with E-state index in [4.69, 9.17) is 4.74 Å². The first-order valence-electron chi connectivity index (χ1n) is 9.82. The van der Waals surface area contributed by atoms with Gasteiger partial charge in [-0.1, -0.05) is 48.5 Å². The predicted molar refractivity (Wildman–Crippen MR) is 115 cm³/mol. The van der Waals surface area contributed by atoms with Gasteiger partial charge in [-0.05, 0) is 43.4 Å². The van der Waals surface area contributed by atoms with E-state index in [0.717, 1.165) is 29.5 Å². The number of rotatable bonds is 7. The van der Waals surface area contributed by atoms with Crippen LogP contribution in [0.2, 0.25) is 0 Å². The fourth-order valence-electron chi connectivity index (χ4n) is 3.48. The van der Waals surface area contributed by atoms with Crippen LogP contribution in [0, 0.1) is 0 Å². The van der Waals surface area contributed by atoms with Crippen molar-refractivity contribution < 1.29 is 19.7 Å². The molecule has 1 saturated carbocycles. The lowest BCUT2D eigenvalue weighted by molar-refractivity contribution is -0.146. The number of nitrogens with zero attached hydrogens (tertiary/aromatic N) is 1. The molecule has 1 fully saturated rings. The molecule has 2 aromatic rings. The van der Waals surface area contributed by atoms with Gasteiger partial charge in [0.25, 0.3) is 0 Å². The van der Waals surface area contributed by atoms with Gasteiger partial charge in [-0.15, -0.1) is 0 Å². The zero-order valence-corrected chi connectivity index (χ0v) is 17.1. The van der Waals surface area contributed by atoms with Crippen molar-refractivity contribution in [3.05, 3.63) is 65.2 Å². The van der Waals surface area contributed by atoms with E-state index in [1.165, 1.54) is 0 Å². The molecule has 1 aliphatic carbocycles. The molecule has 1 aliphatic rings. The van der Waals surface area contributed by atoms with Crippen molar-refractivity contribution in [1.82, 2.24) is 0 Å². The summed E-state index contributed by atoms with van der Waals surface area (Å²) < 4.78 is 5.23. The van der Waals surface area contributed by atoms with Crippen LogP contribution in [0.1, 0.15) is 37.8 Å². The van der Waals surface area contributed by atoms with Crippen molar-refractivity contribution in [3.63, 3.8) is 0 Å². The number of hydrogen-bond donors (Lipinski definition) is 2. The monoisotopic (exact) mass is 393 g/mol. The average molecular weight is 393 g/mol. The van der Waals surface area contributed by atoms with Crippen molar-refractivity contribution in [2.75, 3.05) is 20.3 Å². The molecule has 2 N–H and O–H groups in total. The minimum Gasteiger partial charge on any atom is -0.507 e. The van der Waals surface area contributed by atoms with Crippen LogP contribution in [-0.2, 0) is 14.9 Å². The number of aliphatic imine (C=N–C) groups is 1. The van der Waals surface area contributed by atoms with E-state index in [0.29, 0.717) is 23.5 Å². The second-order valence-electron chi connectivity index (χ2n) is 7.25. The third kappa shape index (κ3) is 4.10.